The molecular weight excluding hydrogens is 246 g/mol. The molecule has 0 aromatic heterocycles. The van der Waals surface area contributed by atoms with Gasteiger partial charge in [0.05, 0.1) is 6.61 Å². The lowest BCUT2D eigenvalue weighted by atomic mass is 9.97. The lowest BCUT2D eigenvalue weighted by Gasteiger charge is -2.10. The molecule has 0 radical (unpaired) electrons. The van der Waals surface area contributed by atoms with Crippen LogP contribution < -0.4 is 10.5 Å². The smallest absolute Gasteiger partial charge is 0.127 e. The highest BCUT2D eigenvalue weighted by atomic mass is 16.5. The highest BCUT2D eigenvalue weighted by molar-refractivity contribution is 5.68. The molecule has 2 heteroatoms. The van der Waals surface area contributed by atoms with Crippen LogP contribution in [0.25, 0.3) is 11.1 Å². The van der Waals surface area contributed by atoms with Gasteiger partial charge in [0.15, 0.2) is 0 Å². The van der Waals surface area contributed by atoms with Crippen molar-refractivity contribution >= 4 is 0 Å². The third kappa shape index (κ3) is 2.44. The third-order valence-corrected chi connectivity index (χ3v) is 3.91. The maximum absolute atomic E-state index is 5.85. The van der Waals surface area contributed by atoms with Crippen LogP contribution in [0.4, 0.5) is 0 Å². The highest BCUT2D eigenvalue weighted by Crippen LogP contribution is 2.34. The summed E-state index contributed by atoms with van der Waals surface area (Å²) in [6.07, 6.45) is 3.32. The lowest BCUT2D eigenvalue weighted by Crippen LogP contribution is -2.00. The molecule has 2 aromatic carbocycles. The SMILES string of the molecule is CCCc1ccc(-c2cc(CN)c3c(c2)CCO3)cc1. The molecule has 104 valence electrons. The second-order valence-electron chi connectivity index (χ2n) is 5.37. The van der Waals surface area contributed by atoms with Crippen LogP contribution in [-0.2, 0) is 19.4 Å². The van der Waals surface area contributed by atoms with Crippen LogP contribution >= 0.6 is 0 Å². The summed E-state index contributed by atoms with van der Waals surface area (Å²) in [6.45, 7) is 3.52. The minimum absolute atomic E-state index is 0.532. The summed E-state index contributed by atoms with van der Waals surface area (Å²) in [5.74, 6) is 1.01. The summed E-state index contributed by atoms with van der Waals surface area (Å²) in [5.41, 5.74) is 12.2. The van der Waals surface area contributed by atoms with Crippen molar-refractivity contribution in [1.82, 2.24) is 0 Å². The van der Waals surface area contributed by atoms with E-state index < -0.39 is 0 Å². The zero-order valence-electron chi connectivity index (χ0n) is 12.0. The number of aryl methyl sites for hydroxylation is 1. The van der Waals surface area contributed by atoms with Gasteiger partial charge in [0.25, 0.3) is 0 Å². The van der Waals surface area contributed by atoms with Crippen LogP contribution in [0, 0.1) is 0 Å². The predicted octanol–water partition coefficient (Wildman–Crippen LogP) is 3.70. The molecule has 0 fully saturated rings. The topological polar surface area (TPSA) is 35.2 Å². The highest BCUT2D eigenvalue weighted by Gasteiger charge is 2.17. The standard InChI is InChI=1S/C18H21NO/c1-2-3-13-4-6-14(7-5-13)16-10-15-8-9-20-18(15)17(11-16)12-19/h4-7,10-11H,2-3,8-9,12,19H2,1H3. The van der Waals surface area contributed by atoms with Crippen molar-refractivity contribution in [3.63, 3.8) is 0 Å². The summed E-state index contributed by atoms with van der Waals surface area (Å²) in [6, 6.07) is 13.3. The summed E-state index contributed by atoms with van der Waals surface area (Å²) >= 11 is 0. The molecule has 1 heterocycles. The van der Waals surface area contributed by atoms with Crippen molar-refractivity contribution < 1.29 is 4.74 Å². The molecule has 0 saturated carbocycles. The summed E-state index contributed by atoms with van der Waals surface area (Å²) in [7, 11) is 0. The van der Waals surface area contributed by atoms with Crippen LogP contribution in [0.5, 0.6) is 5.75 Å². The number of benzene rings is 2. The van der Waals surface area contributed by atoms with Gasteiger partial charge in [-0.1, -0.05) is 37.6 Å². The van der Waals surface area contributed by atoms with Gasteiger partial charge in [-0.2, -0.15) is 0 Å². The van der Waals surface area contributed by atoms with Crippen molar-refractivity contribution in [2.75, 3.05) is 6.61 Å². The summed E-state index contributed by atoms with van der Waals surface area (Å²) in [5, 5.41) is 0. The van der Waals surface area contributed by atoms with E-state index in [1.807, 2.05) is 0 Å². The van der Waals surface area contributed by atoms with Gasteiger partial charge in [-0.3, -0.25) is 0 Å². The number of hydrogen-bond acceptors (Lipinski definition) is 2. The maximum atomic E-state index is 5.85. The fourth-order valence-corrected chi connectivity index (χ4v) is 2.86. The van der Waals surface area contributed by atoms with Gasteiger partial charge in [0.2, 0.25) is 0 Å². The second kappa shape index (κ2) is 5.68. The minimum atomic E-state index is 0.532. The Labute approximate surface area is 120 Å². The molecule has 0 amide bonds. The Morgan fingerprint density at radius 2 is 1.90 bits per heavy atom. The zero-order chi connectivity index (χ0) is 13.9. The first-order valence-corrected chi connectivity index (χ1v) is 7.39. The first-order valence-electron chi connectivity index (χ1n) is 7.39. The van der Waals surface area contributed by atoms with E-state index in [2.05, 4.69) is 43.3 Å². The van der Waals surface area contributed by atoms with E-state index in [9.17, 15) is 0 Å². The predicted molar refractivity (Wildman–Crippen MR) is 83.0 cm³/mol. The molecule has 0 spiro atoms. The summed E-state index contributed by atoms with van der Waals surface area (Å²) < 4.78 is 5.68. The van der Waals surface area contributed by atoms with Crippen molar-refractivity contribution in [3.05, 3.63) is 53.1 Å². The molecule has 0 unspecified atom stereocenters. The molecule has 20 heavy (non-hydrogen) atoms. The Hall–Kier alpha value is -1.80. The van der Waals surface area contributed by atoms with E-state index in [1.165, 1.54) is 28.7 Å². The lowest BCUT2D eigenvalue weighted by molar-refractivity contribution is 0.353. The Balaban J connectivity index is 1.97. The molecule has 2 nitrogen and oxygen atoms in total. The average Bonchev–Trinajstić information content (AvgIpc) is 2.95. The Morgan fingerprint density at radius 1 is 1.10 bits per heavy atom. The molecule has 3 rings (SSSR count). The normalized spacial score (nSPS) is 13.1. The number of fused-ring (bicyclic) bond motifs is 1. The van der Waals surface area contributed by atoms with Gasteiger partial charge in [-0.25, -0.2) is 0 Å². The fourth-order valence-electron chi connectivity index (χ4n) is 2.86. The largest absolute Gasteiger partial charge is 0.493 e. The van der Waals surface area contributed by atoms with Crippen LogP contribution in [-0.4, -0.2) is 6.61 Å². The van der Waals surface area contributed by atoms with Crippen LogP contribution in [0.2, 0.25) is 0 Å². The number of ether oxygens (including phenoxy) is 1. The van der Waals surface area contributed by atoms with E-state index in [0.717, 1.165) is 30.8 Å². The van der Waals surface area contributed by atoms with E-state index in [4.69, 9.17) is 10.5 Å². The second-order valence-corrected chi connectivity index (χ2v) is 5.37. The van der Waals surface area contributed by atoms with E-state index in [-0.39, 0.29) is 0 Å². The van der Waals surface area contributed by atoms with Gasteiger partial charge < -0.3 is 10.5 Å². The average molecular weight is 267 g/mol. The molecular formula is C18H21NO. The number of rotatable bonds is 4. The van der Waals surface area contributed by atoms with Crippen molar-refractivity contribution in [1.29, 1.82) is 0 Å². The molecule has 0 atom stereocenters. The van der Waals surface area contributed by atoms with Crippen molar-refractivity contribution in [2.24, 2.45) is 5.73 Å². The fraction of sp³-hybridized carbons (Fsp3) is 0.333. The third-order valence-electron chi connectivity index (χ3n) is 3.91. The molecule has 1 aliphatic heterocycles. The molecule has 0 bridgehead atoms. The Kier molecular flexibility index (Phi) is 3.75. The summed E-state index contributed by atoms with van der Waals surface area (Å²) in [4.78, 5) is 0. The van der Waals surface area contributed by atoms with E-state index in [0.29, 0.717) is 6.54 Å². The molecule has 2 aromatic rings. The molecule has 2 N–H and O–H groups in total. The van der Waals surface area contributed by atoms with Gasteiger partial charge >= 0.3 is 0 Å². The van der Waals surface area contributed by atoms with Crippen LogP contribution in [0.3, 0.4) is 0 Å². The Morgan fingerprint density at radius 3 is 2.60 bits per heavy atom. The monoisotopic (exact) mass is 267 g/mol. The molecule has 0 aliphatic carbocycles. The minimum Gasteiger partial charge on any atom is -0.493 e. The van der Waals surface area contributed by atoms with Crippen molar-refractivity contribution in [2.45, 2.75) is 32.7 Å². The van der Waals surface area contributed by atoms with Gasteiger partial charge in [0.1, 0.15) is 5.75 Å². The zero-order valence-corrected chi connectivity index (χ0v) is 12.0. The first kappa shape index (κ1) is 13.2. The maximum Gasteiger partial charge on any atom is 0.127 e. The molecule has 0 saturated heterocycles. The van der Waals surface area contributed by atoms with Gasteiger partial charge in [0, 0.05) is 18.5 Å². The van der Waals surface area contributed by atoms with Gasteiger partial charge in [-0.15, -0.1) is 0 Å². The number of hydrogen-bond donors (Lipinski definition) is 1. The van der Waals surface area contributed by atoms with E-state index in [1.54, 1.807) is 0 Å². The Bertz CT molecular complexity index is 602. The van der Waals surface area contributed by atoms with Crippen molar-refractivity contribution in [3.8, 4) is 16.9 Å². The first-order chi connectivity index (χ1) is 9.81. The number of nitrogens with two attached hydrogens (primary N) is 1. The van der Waals surface area contributed by atoms with Gasteiger partial charge in [-0.05, 0) is 40.8 Å². The van der Waals surface area contributed by atoms with Crippen LogP contribution in [0.1, 0.15) is 30.0 Å². The quantitative estimate of drug-likeness (QED) is 0.916. The van der Waals surface area contributed by atoms with Crippen LogP contribution in [0.15, 0.2) is 36.4 Å². The van der Waals surface area contributed by atoms with E-state index >= 15 is 0 Å². The molecule has 1 aliphatic rings.